The number of aliphatic hydroxyl groups is 1. The van der Waals surface area contributed by atoms with E-state index in [4.69, 9.17) is 37.0 Å². The molecule has 0 spiro atoms. The zero-order chi connectivity index (χ0) is 67.5. The quantitative estimate of drug-likeness (QED) is 0.0222. The highest BCUT2D eigenvalue weighted by atomic mass is 31.2. The summed E-state index contributed by atoms with van der Waals surface area (Å²) in [5.74, 6) is 0.902. The summed E-state index contributed by atoms with van der Waals surface area (Å²) in [5, 5.41) is 10.6. The molecule has 6 atom stereocenters. The Kier molecular flexibility index (Phi) is 60.3. The molecule has 17 nitrogen and oxygen atoms in total. The molecule has 540 valence electrons. The van der Waals surface area contributed by atoms with E-state index in [-0.39, 0.29) is 25.7 Å². The van der Waals surface area contributed by atoms with Crippen LogP contribution in [0.15, 0.2) is 0 Å². The van der Waals surface area contributed by atoms with Gasteiger partial charge < -0.3 is 33.8 Å². The molecule has 0 rings (SSSR count). The summed E-state index contributed by atoms with van der Waals surface area (Å²) in [6.45, 7) is 14.1. The van der Waals surface area contributed by atoms with Gasteiger partial charge in [0, 0.05) is 25.7 Å². The average Bonchev–Trinajstić information content (AvgIpc) is 3.71. The van der Waals surface area contributed by atoms with E-state index in [9.17, 15) is 43.2 Å². The summed E-state index contributed by atoms with van der Waals surface area (Å²) in [6.07, 6.45) is 44.4. The van der Waals surface area contributed by atoms with E-state index in [0.717, 1.165) is 114 Å². The summed E-state index contributed by atoms with van der Waals surface area (Å²) in [7, 11) is -9.91. The van der Waals surface area contributed by atoms with Gasteiger partial charge in [-0.25, -0.2) is 9.13 Å². The van der Waals surface area contributed by atoms with Gasteiger partial charge in [0.2, 0.25) is 0 Å². The fraction of sp³-hybridized carbons (Fsp3) is 0.944. The van der Waals surface area contributed by atoms with Crippen LogP contribution in [0.4, 0.5) is 0 Å². The first kappa shape index (κ1) is 89.1. The lowest BCUT2D eigenvalue weighted by atomic mass is 9.99. The van der Waals surface area contributed by atoms with Crippen molar-refractivity contribution in [3.63, 3.8) is 0 Å². The number of ether oxygens (including phenoxy) is 4. The van der Waals surface area contributed by atoms with Gasteiger partial charge in [-0.05, 0) is 49.4 Å². The minimum atomic E-state index is -4.95. The second kappa shape index (κ2) is 61.6. The van der Waals surface area contributed by atoms with Crippen molar-refractivity contribution in [1.82, 2.24) is 0 Å². The Labute approximate surface area is 556 Å². The molecule has 0 saturated carbocycles. The standard InChI is InChI=1S/C72H140O17P2/c1-9-65(8)51-43-35-27-19-14-15-21-30-39-47-55-72(77)89-68(59-83-70(75)53-45-37-31-23-26-34-42-50-64(6)7)61-87-91(80,81)85-57-66(73)56-84-90(78,79)86-60-67(58-82-69(74)52-44-36-28-22-16-18-25-33-41-49-63(4)5)88-71(76)54-46-38-29-20-13-11-10-12-17-24-32-40-48-62(2)3/h62-68,73H,9-61H2,1-8H3,(H,78,79)(H,80,81)/t65?,66?,67-,68-/m1/s1. The Balaban J connectivity index is 5.26. The van der Waals surface area contributed by atoms with Gasteiger partial charge in [0.1, 0.15) is 19.3 Å². The number of unbranched alkanes of at least 4 members (excludes halogenated alkanes) is 34. The van der Waals surface area contributed by atoms with E-state index in [1.165, 1.54) is 154 Å². The highest BCUT2D eigenvalue weighted by Crippen LogP contribution is 2.45. The molecule has 3 N–H and O–H groups in total. The van der Waals surface area contributed by atoms with Gasteiger partial charge in [0.25, 0.3) is 0 Å². The minimum Gasteiger partial charge on any atom is -0.462 e. The zero-order valence-electron chi connectivity index (χ0n) is 59.5. The molecule has 4 unspecified atom stereocenters. The third kappa shape index (κ3) is 65.1. The number of hydrogen-bond acceptors (Lipinski definition) is 15. The lowest BCUT2D eigenvalue weighted by molar-refractivity contribution is -0.161. The molecule has 0 saturated heterocycles. The number of hydrogen-bond donors (Lipinski definition) is 3. The lowest BCUT2D eigenvalue weighted by Crippen LogP contribution is -2.30. The molecule has 0 heterocycles. The number of rotatable bonds is 69. The van der Waals surface area contributed by atoms with E-state index < -0.39 is 97.5 Å². The van der Waals surface area contributed by atoms with Gasteiger partial charge in [-0.3, -0.25) is 37.3 Å². The molecule has 0 aromatic rings. The summed E-state index contributed by atoms with van der Waals surface area (Å²) in [6, 6.07) is 0. The first-order valence-corrected chi connectivity index (χ1v) is 40.2. The lowest BCUT2D eigenvalue weighted by Gasteiger charge is -2.21. The maximum atomic E-state index is 13.0. The second-order valence-corrected chi connectivity index (χ2v) is 30.6. The fourth-order valence-electron chi connectivity index (χ4n) is 10.8. The Morgan fingerprint density at radius 1 is 0.308 bits per heavy atom. The van der Waals surface area contributed by atoms with Gasteiger partial charge in [0.05, 0.1) is 26.4 Å². The van der Waals surface area contributed by atoms with Crippen molar-refractivity contribution in [2.24, 2.45) is 23.7 Å². The monoisotopic (exact) mass is 1340 g/mol. The Hall–Kier alpha value is -1.94. The van der Waals surface area contributed by atoms with E-state index in [2.05, 4.69) is 55.4 Å². The van der Waals surface area contributed by atoms with E-state index in [0.29, 0.717) is 31.6 Å². The molecule has 0 aliphatic carbocycles. The summed E-state index contributed by atoms with van der Waals surface area (Å²) in [4.78, 5) is 72.6. The van der Waals surface area contributed by atoms with Crippen LogP contribution in [0, 0.1) is 23.7 Å². The number of carbonyl (C=O) groups excluding carboxylic acids is 4. The summed E-state index contributed by atoms with van der Waals surface area (Å²) in [5.41, 5.74) is 0. The van der Waals surface area contributed by atoms with E-state index >= 15 is 0 Å². The van der Waals surface area contributed by atoms with Crippen molar-refractivity contribution in [3.8, 4) is 0 Å². The number of phosphoric acid groups is 2. The number of phosphoric ester groups is 2. The van der Waals surface area contributed by atoms with Gasteiger partial charge >= 0.3 is 39.5 Å². The van der Waals surface area contributed by atoms with Gasteiger partial charge in [-0.1, -0.05) is 306 Å². The van der Waals surface area contributed by atoms with Crippen LogP contribution in [0.5, 0.6) is 0 Å². The van der Waals surface area contributed by atoms with Crippen LogP contribution in [-0.4, -0.2) is 96.7 Å². The molecule has 0 bridgehead atoms. The van der Waals surface area contributed by atoms with Crippen LogP contribution in [-0.2, 0) is 65.4 Å². The molecule has 0 amide bonds. The van der Waals surface area contributed by atoms with Crippen molar-refractivity contribution >= 4 is 39.5 Å². The third-order valence-electron chi connectivity index (χ3n) is 16.9. The average molecular weight is 1340 g/mol. The largest absolute Gasteiger partial charge is 0.472 e. The van der Waals surface area contributed by atoms with Crippen molar-refractivity contribution in [3.05, 3.63) is 0 Å². The van der Waals surface area contributed by atoms with E-state index in [1.807, 2.05) is 0 Å². The smallest absolute Gasteiger partial charge is 0.462 e. The van der Waals surface area contributed by atoms with Gasteiger partial charge in [-0.15, -0.1) is 0 Å². The fourth-order valence-corrected chi connectivity index (χ4v) is 12.4. The molecule has 19 heteroatoms. The topological polar surface area (TPSA) is 237 Å². The van der Waals surface area contributed by atoms with Gasteiger partial charge in [-0.2, -0.15) is 0 Å². The molecular weight excluding hydrogens is 1200 g/mol. The molecule has 0 aliphatic rings. The van der Waals surface area contributed by atoms with Crippen LogP contribution in [0.2, 0.25) is 0 Å². The molecule has 0 aliphatic heterocycles. The zero-order valence-corrected chi connectivity index (χ0v) is 61.3. The molecule has 0 fully saturated rings. The first-order chi connectivity index (χ1) is 43.6. The van der Waals surface area contributed by atoms with Crippen molar-refractivity contribution in [2.45, 2.75) is 375 Å². The van der Waals surface area contributed by atoms with Crippen LogP contribution < -0.4 is 0 Å². The van der Waals surface area contributed by atoms with Crippen molar-refractivity contribution in [2.75, 3.05) is 39.6 Å². The van der Waals surface area contributed by atoms with Crippen molar-refractivity contribution < 1.29 is 80.2 Å². The first-order valence-electron chi connectivity index (χ1n) is 37.2. The Morgan fingerprint density at radius 3 is 0.780 bits per heavy atom. The number of esters is 4. The van der Waals surface area contributed by atoms with Crippen LogP contribution in [0.1, 0.15) is 357 Å². The van der Waals surface area contributed by atoms with Gasteiger partial charge in [0.15, 0.2) is 12.2 Å². The SMILES string of the molecule is CCC(C)CCCCCCCCCCCCC(=O)O[C@H](COC(=O)CCCCCCCCCC(C)C)COP(=O)(O)OCC(O)COP(=O)(O)OC[C@@H](COC(=O)CCCCCCCCCCCC(C)C)OC(=O)CCCCCCCCCCCCCCC(C)C. The highest BCUT2D eigenvalue weighted by Gasteiger charge is 2.30. The molecule has 91 heavy (non-hydrogen) atoms. The maximum Gasteiger partial charge on any atom is 0.472 e. The van der Waals surface area contributed by atoms with E-state index in [1.54, 1.807) is 0 Å². The van der Waals surface area contributed by atoms with Crippen LogP contribution in [0.25, 0.3) is 0 Å². The molecule has 0 aromatic heterocycles. The molecular formula is C72H140O17P2. The Morgan fingerprint density at radius 2 is 0.527 bits per heavy atom. The second-order valence-electron chi connectivity index (χ2n) is 27.6. The Bertz CT molecular complexity index is 1800. The number of aliphatic hydroxyl groups excluding tert-OH is 1. The van der Waals surface area contributed by atoms with Crippen LogP contribution in [0.3, 0.4) is 0 Å². The third-order valence-corrected chi connectivity index (χ3v) is 18.8. The highest BCUT2D eigenvalue weighted by molar-refractivity contribution is 7.47. The molecule has 0 radical (unpaired) electrons. The summed E-state index contributed by atoms with van der Waals surface area (Å²) >= 11 is 0. The minimum absolute atomic E-state index is 0.105. The predicted molar refractivity (Wildman–Crippen MR) is 367 cm³/mol. The predicted octanol–water partition coefficient (Wildman–Crippen LogP) is 20.5. The summed E-state index contributed by atoms with van der Waals surface area (Å²) < 4.78 is 68.4. The molecule has 0 aromatic carbocycles. The van der Waals surface area contributed by atoms with Crippen molar-refractivity contribution in [1.29, 1.82) is 0 Å². The van der Waals surface area contributed by atoms with Crippen LogP contribution >= 0.6 is 15.6 Å². The number of carbonyl (C=O) groups is 4. The maximum absolute atomic E-state index is 13.0. The normalized spacial score (nSPS) is 14.5.